The summed E-state index contributed by atoms with van der Waals surface area (Å²) in [5, 5.41) is 0. The van der Waals surface area contributed by atoms with Crippen molar-refractivity contribution >= 4 is 156 Å². The van der Waals surface area contributed by atoms with Crippen LogP contribution in [0.15, 0.2) is 288 Å². The number of hydrogen-bond donors (Lipinski definition) is 0. The van der Waals surface area contributed by atoms with Crippen LogP contribution in [0.1, 0.15) is 230 Å². The molecule has 0 radical (unpaired) electrons. The summed E-state index contributed by atoms with van der Waals surface area (Å²) in [6, 6.07) is 97.2. The first-order valence-corrected chi connectivity index (χ1v) is 65.9. The van der Waals surface area contributed by atoms with E-state index in [-0.39, 0.29) is 44.6 Å². The molecule has 15 heteroatoms. The quantitative estimate of drug-likeness (QED) is 0.113. The summed E-state index contributed by atoms with van der Waals surface area (Å²) in [7, 11) is 29.6. The van der Waals surface area contributed by atoms with Gasteiger partial charge in [0.25, 0.3) is 0 Å². The fourth-order valence-electron chi connectivity index (χ4n) is 24.4. The van der Waals surface area contributed by atoms with Gasteiger partial charge in [0, 0.05) is 175 Å². The van der Waals surface area contributed by atoms with Crippen molar-refractivity contribution in [3.8, 4) is 0 Å². The molecule has 6 aliphatic carbocycles. The molecule has 6 heterocycles. The Hall–Kier alpha value is -7.73. The molecule has 0 spiro atoms. The summed E-state index contributed by atoms with van der Waals surface area (Å²) in [4.78, 5) is 15.4. The number of aryl methyl sites for hydroxylation is 2. The first-order valence-electron chi connectivity index (χ1n) is 46.9. The fraction of sp³-hybridized carbons (Fsp3) is 0.262. The zero-order chi connectivity index (χ0) is 90.4. The van der Waals surface area contributed by atoms with Gasteiger partial charge in [-0.3, -0.25) is 0 Å². The summed E-state index contributed by atoms with van der Waals surface area (Å²) in [5.41, 5.74) is 51.8. The third-order valence-corrected chi connectivity index (χ3v) is 30.4. The molecular formula is C122H130Cl6N6Zr3. The molecule has 0 saturated carbocycles. The normalized spacial score (nSPS) is 19.9. The van der Waals surface area contributed by atoms with Gasteiger partial charge in [0.1, 0.15) is 0 Å². The van der Waals surface area contributed by atoms with Crippen LogP contribution in [0.5, 0.6) is 0 Å². The van der Waals surface area contributed by atoms with Gasteiger partial charge in [-0.1, -0.05) is 252 Å². The average Bonchev–Trinajstić information content (AvgIpc) is 1.62. The zero-order valence-electron chi connectivity index (χ0n) is 82.3. The number of hydrogen-bond acceptors (Lipinski definition) is 6. The van der Waals surface area contributed by atoms with Gasteiger partial charge in [-0.2, -0.15) is 0 Å². The van der Waals surface area contributed by atoms with E-state index in [0.717, 1.165) is 71.0 Å². The Morgan fingerprint density at radius 1 is 0.234 bits per heavy atom. The molecule has 137 heavy (non-hydrogen) atoms. The van der Waals surface area contributed by atoms with Gasteiger partial charge in [-0.25, -0.2) is 0 Å². The van der Waals surface area contributed by atoms with E-state index in [9.17, 15) is 0 Å². The van der Waals surface area contributed by atoms with Crippen molar-refractivity contribution in [2.75, 3.05) is 49.0 Å². The van der Waals surface area contributed by atoms with Gasteiger partial charge in [-0.15, -0.1) is 0 Å². The monoisotopic (exact) mass is 2160 g/mol. The summed E-state index contributed by atoms with van der Waals surface area (Å²) in [6.45, 7) is 24.4. The van der Waals surface area contributed by atoms with Gasteiger partial charge >= 0.3 is 114 Å². The molecule has 12 aliphatic rings. The van der Waals surface area contributed by atoms with Crippen molar-refractivity contribution in [1.82, 2.24) is 0 Å². The van der Waals surface area contributed by atoms with Crippen molar-refractivity contribution in [3.05, 3.63) is 433 Å². The Kier molecular flexibility index (Phi) is 36.6. The minimum atomic E-state index is -0.826. The Morgan fingerprint density at radius 3 is 0.737 bits per heavy atom. The van der Waals surface area contributed by atoms with Crippen LogP contribution in [0.4, 0.5) is 68.2 Å². The summed E-state index contributed by atoms with van der Waals surface area (Å²) >= 11 is -2.48. The molecule has 0 aromatic heterocycles. The van der Waals surface area contributed by atoms with Crippen molar-refractivity contribution in [3.63, 3.8) is 0 Å². The number of anilines is 12. The molecule has 0 N–H and O–H groups in total. The summed E-state index contributed by atoms with van der Waals surface area (Å²) in [6.07, 6.45) is 27.5. The van der Waals surface area contributed by atoms with Crippen LogP contribution in [0, 0.1) is 44.6 Å². The standard InChI is InChI=1S/2C39H38N2.C38H36N2.6CH3.6ClH.3Zr/c1-25-21-34-30(14-8-18-38(34)40-20-10-13-28-11-4-6-16-36(28)40)32(25)24-33-26(2)22-35-31(33)15-9-19-39(35)41-27(3)23-29-12-5-7-17-37(29)41;1-25-22-34-30(12-8-16-38(34)40-21-20-29-11-4-6-14-36(29)40)32(25)24-33-26(2)23-35-31(33)13-9-17-39(35)41-27(3)18-19-28-10-5-7-15-37(28)41;1-24-20-33-29(12-8-16-37(33)39-19-18-27-10-4-6-14-35(27)39)31(24)23-32-25(2)21-34-30(32)13-9-17-38(34)40-26(3)22-28-11-5-7-15-36(28)40;;;;;;;;;;;;;;;/h4-9,11-12,14-19,21-22,27,32-33H,10,13,20,23-24H2,1-3H3;4-17,22-23,27,32-33H,18-21,24H2,1-3H3;4-17,20-21,26,31-32H,18-19,22-23H2,1-3H3;6*1H3;6*1H;;;/q;;;6*-1;;;;;;;3*+4/p-6. The molecule has 0 amide bonds. The first kappa shape index (κ1) is 107. The SMILES string of the molecule is CC1=Cc2c(cccc2N2CCCc3ccccc32)C1CC1C(C)=Cc2c1cccc2N1c2ccccc2CC1C.CC1=Cc2c(cccc2N2CCc3ccccc32)C1CC1C(C)=Cc2c1cccc2N1c2ccccc2CC1C.CC1=Cc2c(cccc2N2CCc3ccccc32)C1CC1C(C)=Cc2c1cccc2N1c2ccccc2CCC1C.[CH3-].[CH3-].[CH3-].[CH3-].[CH3-].[CH3-].[Cl][Zr+2][Cl].[Cl][Zr+2][Cl].[Cl][Zr+2][Cl]. The van der Waals surface area contributed by atoms with E-state index in [1.807, 2.05) is 0 Å². The van der Waals surface area contributed by atoms with E-state index >= 15 is 0 Å². The molecule has 702 valence electrons. The second kappa shape index (κ2) is 47.0. The number of halogens is 6. The van der Waals surface area contributed by atoms with Crippen molar-refractivity contribution in [2.24, 2.45) is 0 Å². The van der Waals surface area contributed by atoms with E-state index in [1.54, 1.807) is 0 Å². The molecule has 6 aliphatic heterocycles. The molecule has 24 rings (SSSR count). The average molecular weight is 2170 g/mol. The van der Waals surface area contributed by atoms with Crippen molar-refractivity contribution in [2.45, 2.75) is 187 Å². The third kappa shape index (κ3) is 20.6. The number of nitrogens with zero attached hydrogens (tertiary/aromatic N) is 6. The number of rotatable bonds is 12. The third-order valence-electron chi connectivity index (χ3n) is 30.4. The second-order valence-electron chi connectivity index (χ2n) is 37.7. The Morgan fingerprint density at radius 2 is 0.445 bits per heavy atom. The molecule has 12 aromatic carbocycles. The molecular weight excluding hydrogens is 2040 g/mol. The predicted molar refractivity (Wildman–Crippen MR) is 590 cm³/mol. The first-order chi connectivity index (χ1) is 64.0. The maximum absolute atomic E-state index is 4.93. The van der Waals surface area contributed by atoms with Crippen LogP contribution in [-0.2, 0) is 101 Å². The van der Waals surface area contributed by atoms with Gasteiger partial charge in [0.15, 0.2) is 0 Å². The molecule has 0 fully saturated rings. The Balaban J connectivity index is 0.000000163. The minimum absolute atomic E-state index is 0. The predicted octanol–water partition coefficient (Wildman–Crippen LogP) is 36.3. The molecule has 9 unspecified atom stereocenters. The zero-order valence-corrected chi connectivity index (χ0v) is 94.2. The van der Waals surface area contributed by atoms with Gasteiger partial charge < -0.3 is 74.0 Å². The van der Waals surface area contributed by atoms with Gasteiger partial charge in [-0.05, 0) is 273 Å². The van der Waals surface area contributed by atoms with Gasteiger partial charge in [0.2, 0.25) is 0 Å². The molecule has 0 bridgehead atoms. The van der Waals surface area contributed by atoms with Gasteiger partial charge in [0.05, 0.1) is 0 Å². The summed E-state index contributed by atoms with van der Waals surface area (Å²) in [5.74, 6) is 2.66. The summed E-state index contributed by atoms with van der Waals surface area (Å²) < 4.78 is 0. The number of allylic oxidation sites excluding steroid dienone is 6. The second-order valence-corrected chi connectivity index (χ2v) is 48.9. The van der Waals surface area contributed by atoms with Crippen LogP contribution >= 0.6 is 51.1 Å². The van der Waals surface area contributed by atoms with E-state index in [4.69, 9.17) is 51.1 Å². The van der Waals surface area contributed by atoms with E-state index in [1.165, 1.54) is 221 Å². The van der Waals surface area contributed by atoms with Crippen molar-refractivity contribution < 1.29 is 62.5 Å². The van der Waals surface area contributed by atoms with Crippen molar-refractivity contribution in [1.29, 1.82) is 0 Å². The maximum atomic E-state index is 4.93. The Labute approximate surface area is 877 Å². The van der Waals surface area contributed by atoms with Crippen LogP contribution in [-0.4, -0.2) is 37.8 Å². The van der Waals surface area contributed by atoms with Crippen LogP contribution in [0.2, 0.25) is 0 Å². The molecule has 0 saturated heterocycles. The van der Waals surface area contributed by atoms with E-state index in [0.29, 0.717) is 53.6 Å². The number of fused-ring (bicyclic) bond motifs is 12. The molecule has 6 nitrogen and oxygen atoms in total. The van der Waals surface area contributed by atoms with Crippen LogP contribution in [0.25, 0.3) is 36.5 Å². The van der Waals surface area contributed by atoms with Crippen LogP contribution in [0.3, 0.4) is 0 Å². The van der Waals surface area contributed by atoms with Crippen LogP contribution < -0.4 is 29.4 Å². The Bertz CT molecular complexity index is 6540. The topological polar surface area (TPSA) is 19.4 Å². The van der Waals surface area contributed by atoms with E-state index in [2.05, 4.69) is 383 Å². The van der Waals surface area contributed by atoms with E-state index < -0.39 is 62.5 Å². The fourth-order valence-corrected chi connectivity index (χ4v) is 24.4. The molecule has 9 atom stereocenters. The number of para-hydroxylation sites is 6. The molecule has 12 aromatic rings. The number of benzene rings is 12.